The molecule has 0 aliphatic rings. The average Bonchev–Trinajstić information content (AvgIpc) is 2.70. The number of benzene rings is 1. The van der Waals surface area contributed by atoms with Crippen LogP contribution in [-0.4, -0.2) is 46.5 Å². The summed E-state index contributed by atoms with van der Waals surface area (Å²) in [5.74, 6) is -0.769. The van der Waals surface area contributed by atoms with E-state index < -0.39 is 29.3 Å². The van der Waals surface area contributed by atoms with Crippen molar-refractivity contribution in [2.45, 2.75) is 112 Å². The van der Waals surface area contributed by atoms with E-state index in [1.165, 1.54) is 0 Å². The molecule has 1 aromatic rings. The summed E-state index contributed by atoms with van der Waals surface area (Å²) in [6, 6.07) is 5.97. The molecular formula is C28H47N3O4. The van der Waals surface area contributed by atoms with Gasteiger partial charge in [-0.05, 0) is 66.4 Å². The molecule has 35 heavy (non-hydrogen) atoms. The van der Waals surface area contributed by atoms with E-state index in [1.807, 2.05) is 65.8 Å². The maximum atomic E-state index is 14.1. The van der Waals surface area contributed by atoms with E-state index in [-0.39, 0.29) is 17.7 Å². The summed E-state index contributed by atoms with van der Waals surface area (Å²) in [6.45, 7) is 19.4. The largest absolute Gasteiger partial charge is 0.444 e. The van der Waals surface area contributed by atoms with Crippen LogP contribution in [0.4, 0.5) is 4.79 Å². The minimum absolute atomic E-state index is 0.217. The van der Waals surface area contributed by atoms with Crippen molar-refractivity contribution in [1.29, 1.82) is 0 Å². The van der Waals surface area contributed by atoms with Gasteiger partial charge in [0.15, 0.2) is 0 Å². The number of ether oxygens (including phenoxy) is 1. The van der Waals surface area contributed by atoms with Crippen molar-refractivity contribution < 1.29 is 19.1 Å². The lowest BCUT2D eigenvalue weighted by molar-refractivity contribution is -0.149. The lowest BCUT2D eigenvalue weighted by atomic mass is 9.92. The van der Waals surface area contributed by atoms with Gasteiger partial charge in [-0.3, -0.25) is 9.59 Å². The maximum Gasteiger partial charge on any atom is 0.408 e. The zero-order valence-corrected chi connectivity index (χ0v) is 23.5. The summed E-state index contributed by atoms with van der Waals surface area (Å²) < 4.78 is 5.42. The Morgan fingerprint density at radius 2 is 1.66 bits per heavy atom. The smallest absolute Gasteiger partial charge is 0.408 e. The average molecular weight is 490 g/mol. The van der Waals surface area contributed by atoms with Gasteiger partial charge >= 0.3 is 6.09 Å². The normalized spacial score (nSPS) is 13.7. The molecule has 0 radical (unpaired) electrons. The standard InChI is InChI=1S/C28H47N3O4/c1-11-12-13-17-29-24(32)23(21-16-14-15-20(4)18-21)31(27(5,6)7)25(33)22(19(2)3)30-26(34)35-28(8,9)10/h14-16,18-19,22-23H,11-13,17H2,1-10H3,(H,29,32)(H,30,34). The molecule has 0 fully saturated rings. The monoisotopic (exact) mass is 489 g/mol. The molecule has 2 unspecified atom stereocenters. The van der Waals surface area contributed by atoms with Crippen molar-refractivity contribution in [3.05, 3.63) is 35.4 Å². The van der Waals surface area contributed by atoms with Crippen LogP contribution in [0.25, 0.3) is 0 Å². The number of alkyl carbamates (subject to hydrolysis) is 1. The van der Waals surface area contributed by atoms with Gasteiger partial charge in [0.25, 0.3) is 0 Å². The minimum atomic E-state index is -0.857. The fourth-order valence-electron chi connectivity index (χ4n) is 3.88. The summed E-state index contributed by atoms with van der Waals surface area (Å²) in [7, 11) is 0. The van der Waals surface area contributed by atoms with Gasteiger partial charge in [0, 0.05) is 12.1 Å². The van der Waals surface area contributed by atoms with E-state index in [0.29, 0.717) is 6.54 Å². The molecule has 2 N–H and O–H groups in total. The second kappa shape index (κ2) is 12.9. The molecule has 0 bridgehead atoms. The molecule has 0 heterocycles. The van der Waals surface area contributed by atoms with Crippen LogP contribution in [-0.2, 0) is 14.3 Å². The molecule has 0 aliphatic carbocycles. The van der Waals surface area contributed by atoms with Gasteiger partial charge in [-0.25, -0.2) is 4.79 Å². The first-order chi connectivity index (χ1) is 16.1. The van der Waals surface area contributed by atoms with Crippen LogP contribution in [0.2, 0.25) is 0 Å². The van der Waals surface area contributed by atoms with E-state index in [2.05, 4.69) is 17.6 Å². The number of nitrogens with zero attached hydrogens (tertiary/aromatic N) is 1. The van der Waals surface area contributed by atoms with Crippen molar-refractivity contribution in [1.82, 2.24) is 15.5 Å². The quantitative estimate of drug-likeness (QED) is 0.424. The predicted molar refractivity (Wildman–Crippen MR) is 141 cm³/mol. The molecule has 7 nitrogen and oxygen atoms in total. The summed E-state index contributed by atoms with van der Waals surface area (Å²) in [5, 5.41) is 5.80. The van der Waals surface area contributed by atoms with E-state index in [0.717, 1.165) is 30.4 Å². The molecule has 0 saturated carbocycles. The van der Waals surface area contributed by atoms with Crippen LogP contribution in [0.5, 0.6) is 0 Å². The van der Waals surface area contributed by atoms with Gasteiger partial charge in [0.2, 0.25) is 11.8 Å². The molecule has 0 aliphatic heterocycles. The van der Waals surface area contributed by atoms with Crippen molar-refractivity contribution in [2.24, 2.45) is 5.92 Å². The molecule has 1 rings (SSSR count). The van der Waals surface area contributed by atoms with Crippen molar-refractivity contribution >= 4 is 17.9 Å². The first-order valence-corrected chi connectivity index (χ1v) is 12.8. The number of rotatable bonds is 10. The Morgan fingerprint density at radius 1 is 1.03 bits per heavy atom. The first kappa shape index (κ1) is 30.5. The molecule has 7 heteroatoms. The van der Waals surface area contributed by atoms with Crippen LogP contribution in [0.1, 0.15) is 98.7 Å². The molecule has 0 spiro atoms. The Bertz CT molecular complexity index is 852. The fourth-order valence-corrected chi connectivity index (χ4v) is 3.88. The van der Waals surface area contributed by atoms with Gasteiger partial charge in [-0.15, -0.1) is 0 Å². The van der Waals surface area contributed by atoms with Gasteiger partial charge in [0.05, 0.1) is 0 Å². The highest BCUT2D eigenvalue weighted by molar-refractivity contribution is 5.92. The molecule has 198 valence electrons. The number of amides is 3. The molecule has 0 saturated heterocycles. The number of carbonyl (C=O) groups is 3. The lowest BCUT2D eigenvalue weighted by Crippen LogP contribution is -2.59. The lowest BCUT2D eigenvalue weighted by Gasteiger charge is -2.43. The Kier molecular flexibility index (Phi) is 11.3. The van der Waals surface area contributed by atoms with Crippen molar-refractivity contribution in [2.75, 3.05) is 6.54 Å². The summed E-state index contributed by atoms with van der Waals surface area (Å²) >= 11 is 0. The molecule has 3 amide bonds. The number of nitrogens with one attached hydrogen (secondary N) is 2. The van der Waals surface area contributed by atoms with E-state index in [4.69, 9.17) is 4.74 Å². The van der Waals surface area contributed by atoms with Crippen molar-refractivity contribution in [3.63, 3.8) is 0 Å². The van der Waals surface area contributed by atoms with E-state index >= 15 is 0 Å². The second-order valence-electron chi connectivity index (χ2n) is 11.6. The maximum absolute atomic E-state index is 14.1. The highest BCUT2D eigenvalue weighted by Gasteiger charge is 2.42. The van der Waals surface area contributed by atoms with Gasteiger partial charge in [-0.2, -0.15) is 0 Å². The molecular weight excluding hydrogens is 442 g/mol. The number of aryl methyl sites for hydroxylation is 1. The zero-order chi connectivity index (χ0) is 27.0. The van der Waals surface area contributed by atoms with Gasteiger partial charge < -0.3 is 20.3 Å². The van der Waals surface area contributed by atoms with Crippen LogP contribution in [0.15, 0.2) is 24.3 Å². The van der Waals surface area contributed by atoms with Gasteiger partial charge in [0.1, 0.15) is 17.7 Å². The third kappa shape index (κ3) is 9.90. The van der Waals surface area contributed by atoms with Crippen LogP contribution in [0, 0.1) is 12.8 Å². The first-order valence-electron chi connectivity index (χ1n) is 12.8. The summed E-state index contributed by atoms with van der Waals surface area (Å²) in [6.07, 6.45) is 2.29. The van der Waals surface area contributed by atoms with Gasteiger partial charge in [-0.1, -0.05) is 63.4 Å². The Hall–Kier alpha value is -2.57. The predicted octanol–water partition coefficient (Wildman–Crippen LogP) is 5.52. The topological polar surface area (TPSA) is 87.7 Å². The third-order valence-corrected chi connectivity index (χ3v) is 5.51. The SMILES string of the molecule is CCCCCNC(=O)C(c1cccc(C)c1)N(C(=O)C(NC(=O)OC(C)(C)C)C(C)C)C(C)(C)C. The summed E-state index contributed by atoms with van der Waals surface area (Å²) in [4.78, 5) is 41.9. The zero-order valence-electron chi connectivity index (χ0n) is 23.5. The number of carbonyl (C=O) groups excluding carboxylic acids is 3. The Labute approximate surface area is 212 Å². The Morgan fingerprint density at radius 3 is 2.14 bits per heavy atom. The molecule has 1 aromatic carbocycles. The minimum Gasteiger partial charge on any atom is -0.444 e. The molecule has 0 aromatic heterocycles. The van der Waals surface area contributed by atoms with E-state index in [9.17, 15) is 14.4 Å². The van der Waals surface area contributed by atoms with E-state index in [1.54, 1.807) is 25.7 Å². The van der Waals surface area contributed by atoms with Crippen LogP contribution in [0.3, 0.4) is 0 Å². The number of unbranched alkanes of at least 4 members (excludes halogenated alkanes) is 2. The highest BCUT2D eigenvalue weighted by atomic mass is 16.6. The Balaban J connectivity index is 3.46. The van der Waals surface area contributed by atoms with Crippen LogP contribution < -0.4 is 10.6 Å². The van der Waals surface area contributed by atoms with Crippen molar-refractivity contribution in [3.8, 4) is 0 Å². The molecule has 2 atom stereocenters. The summed E-state index contributed by atoms with van der Waals surface area (Å²) in [5.41, 5.74) is 0.344. The van der Waals surface area contributed by atoms with Crippen LogP contribution >= 0.6 is 0 Å². The second-order valence-corrected chi connectivity index (χ2v) is 11.6. The number of hydrogen-bond acceptors (Lipinski definition) is 4. The fraction of sp³-hybridized carbons (Fsp3) is 0.679. The highest BCUT2D eigenvalue weighted by Crippen LogP contribution is 2.31. The third-order valence-electron chi connectivity index (χ3n) is 5.51. The number of hydrogen-bond donors (Lipinski definition) is 2.